The lowest BCUT2D eigenvalue weighted by atomic mass is 10.1. The molecule has 0 aromatic heterocycles. The SMILES string of the molecule is COc1cc(C(=O)NCC(=O)NN=Cc2ccccc2C(F)(F)F)cc(OC)c1OC. The van der Waals surface area contributed by atoms with Crippen LogP contribution in [0, 0.1) is 0 Å². The Morgan fingerprint density at radius 3 is 2.19 bits per heavy atom. The van der Waals surface area contributed by atoms with Crippen LogP contribution in [0.5, 0.6) is 17.2 Å². The van der Waals surface area contributed by atoms with E-state index >= 15 is 0 Å². The third kappa shape index (κ3) is 6.11. The maximum atomic E-state index is 12.9. The molecule has 2 rings (SSSR count). The summed E-state index contributed by atoms with van der Waals surface area (Å²) in [7, 11) is 4.20. The van der Waals surface area contributed by atoms with Crippen LogP contribution < -0.4 is 25.0 Å². The van der Waals surface area contributed by atoms with Gasteiger partial charge in [0.05, 0.1) is 39.7 Å². The Morgan fingerprint density at radius 2 is 1.65 bits per heavy atom. The number of carbonyl (C=O) groups excluding carboxylic acids is 2. The number of ether oxygens (including phenoxy) is 3. The topological polar surface area (TPSA) is 98.2 Å². The summed E-state index contributed by atoms with van der Waals surface area (Å²) in [4.78, 5) is 24.2. The van der Waals surface area contributed by atoms with E-state index in [0.29, 0.717) is 5.75 Å². The molecule has 2 aromatic rings. The van der Waals surface area contributed by atoms with E-state index in [-0.39, 0.29) is 22.6 Å². The Hall–Kier alpha value is -3.76. The summed E-state index contributed by atoms with van der Waals surface area (Å²) in [6.07, 6.45) is -3.68. The Kier molecular flexibility index (Phi) is 7.83. The Bertz CT molecular complexity index is 952. The molecule has 0 atom stereocenters. The highest BCUT2D eigenvalue weighted by atomic mass is 19.4. The summed E-state index contributed by atoms with van der Waals surface area (Å²) in [6.45, 7) is -0.465. The molecule has 0 unspecified atom stereocenters. The molecular weight excluding hydrogens is 419 g/mol. The van der Waals surface area contributed by atoms with Gasteiger partial charge in [0.15, 0.2) is 11.5 Å². The number of rotatable bonds is 8. The highest BCUT2D eigenvalue weighted by Crippen LogP contribution is 2.38. The Balaban J connectivity index is 2.00. The first-order valence-electron chi connectivity index (χ1n) is 8.77. The van der Waals surface area contributed by atoms with Crippen LogP contribution in [0.2, 0.25) is 0 Å². The van der Waals surface area contributed by atoms with Gasteiger partial charge in [-0.2, -0.15) is 18.3 Å². The Morgan fingerprint density at radius 1 is 1.03 bits per heavy atom. The summed E-state index contributed by atoms with van der Waals surface area (Å²) in [6, 6.07) is 7.58. The molecule has 8 nitrogen and oxygen atoms in total. The van der Waals surface area contributed by atoms with Gasteiger partial charge in [-0.1, -0.05) is 18.2 Å². The molecule has 0 fully saturated rings. The minimum absolute atomic E-state index is 0.143. The van der Waals surface area contributed by atoms with E-state index in [1.54, 1.807) is 0 Å². The van der Waals surface area contributed by atoms with Gasteiger partial charge in [0, 0.05) is 11.1 Å². The first-order chi connectivity index (χ1) is 14.7. The predicted octanol–water partition coefficient (Wildman–Crippen LogP) is 2.61. The molecule has 0 spiro atoms. The fourth-order valence-corrected chi connectivity index (χ4v) is 2.56. The summed E-state index contributed by atoms with van der Waals surface area (Å²) in [5.41, 5.74) is 1.11. The largest absolute Gasteiger partial charge is 0.493 e. The average Bonchev–Trinajstić information content (AvgIpc) is 2.75. The minimum Gasteiger partial charge on any atom is -0.493 e. The van der Waals surface area contributed by atoms with Gasteiger partial charge in [0.1, 0.15) is 0 Å². The van der Waals surface area contributed by atoms with Crippen molar-refractivity contribution in [3.05, 3.63) is 53.1 Å². The van der Waals surface area contributed by atoms with Crippen LogP contribution in [0.4, 0.5) is 13.2 Å². The number of alkyl halides is 3. The van der Waals surface area contributed by atoms with Crippen molar-refractivity contribution in [2.45, 2.75) is 6.18 Å². The second-order valence-electron chi connectivity index (χ2n) is 5.97. The normalized spacial score (nSPS) is 11.2. The maximum Gasteiger partial charge on any atom is 0.417 e. The third-order valence-electron chi connectivity index (χ3n) is 4.00. The number of halogens is 3. The van der Waals surface area contributed by atoms with E-state index in [4.69, 9.17) is 14.2 Å². The molecule has 2 amide bonds. The average molecular weight is 439 g/mol. The van der Waals surface area contributed by atoms with Crippen LogP contribution in [0.1, 0.15) is 21.5 Å². The van der Waals surface area contributed by atoms with E-state index in [1.807, 2.05) is 0 Å². The summed E-state index contributed by atoms with van der Waals surface area (Å²) < 4.78 is 54.3. The van der Waals surface area contributed by atoms with Gasteiger partial charge in [-0.3, -0.25) is 9.59 Å². The first kappa shape index (κ1) is 23.5. The van der Waals surface area contributed by atoms with Crippen molar-refractivity contribution < 1.29 is 37.0 Å². The van der Waals surface area contributed by atoms with E-state index in [1.165, 1.54) is 51.7 Å². The highest BCUT2D eigenvalue weighted by Gasteiger charge is 2.32. The van der Waals surface area contributed by atoms with Crippen molar-refractivity contribution in [2.24, 2.45) is 5.10 Å². The fraction of sp³-hybridized carbons (Fsp3) is 0.250. The smallest absolute Gasteiger partial charge is 0.417 e. The van der Waals surface area contributed by atoms with Crippen LogP contribution in [0.15, 0.2) is 41.5 Å². The maximum absolute atomic E-state index is 12.9. The lowest BCUT2D eigenvalue weighted by Crippen LogP contribution is -2.35. The zero-order valence-corrected chi connectivity index (χ0v) is 16.9. The van der Waals surface area contributed by atoms with Crippen molar-refractivity contribution in [2.75, 3.05) is 27.9 Å². The molecule has 0 aliphatic rings. The molecule has 0 aliphatic carbocycles. The van der Waals surface area contributed by atoms with E-state index in [9.17, 15) is 22.8 Å². The van der Waals surface area contributed by atoms with Gasteiger partial charge in [-0.25, -0.2) is 5.43 Å². The van der Waals surface area contributed by atoms with Crippen molar-refractivity contribution in [1.82, 2.24) is 10.7 Å². The van der Waals surface area contributed by atoms with Gasteiger partial charge < -0.3 is 19.5 Å². The number of amides is 2. The van der Waals surface area contributed by atoms with Crippen LogP contribution in [0.25, 0.3) is 0 Å². The van der Waals surface area contributed by atoms with E-state index in [2.05, 4.69) is 15.8 Å². The van der Waals surface area contributed by atoms with Gasteiger partial charge in [0.2, 0.25) is 5.75 Å². The number of methoxy groups -OCH3 is 3. The number of hydrogen-bond donors (Lipinski definition) is 2. The molecular formula is C20H20F3N3O5. The molecule has 31 heavy (non-hydrogen) atoms. The summed E-state index contributed by atoms with van der Waals surface area (Å²) >= 11 is 0. The molecule has 0 heterocycles. The predicted molar refractivity (Wildman–Crippen MR) is 106 cm³/mol. The number of carbonyl (C=O) groups is 2. The quantitative estimate of drug-likeness (QED) is 0.487. The molecule has 0 bridgehead atoms. The van der Waals surface area contributed by atoms with Crippen molar-refractivity contribution in [3.63, 3.8) is 0 Å². The van der Waals surface area contributed by atoms with Crippen LogP contribution in [-0.4, -0.2) is 45.9 Å². The molecule has 2 aromatic carbocycles. The van der Waals surface area contributed by atoms with Crippen LogP contribution in [-0.2, 0) is 11.0 Å². The fourth-order valence-electron chi connectivity index (χ4n) is 2.56. The number of hydrazone groups is 1. The number of nitrogens with one attached hydrogen (secondary N) is 2. The third-order valence-corrected chi connectivity index (χ3v) is 4.00. The highest BCUT2D eigenvalue weighted by molar-refractivity contribution is 5.97. The second kappa shape index (κ2) is 10.3. The second-order valence-corrected chi connectivity index (χ2v) is 5.97. The van der Waals surface area contributed by atoms with Crippen LogP contribution in [0.3, 0.4) is 0 Å². The summed E-state index contributed by atoms with van der Waals surface area (Å²) in [5, 5.41) is 5.88. The monoisotopic (exact) mass is 439 g/mol. The van der Waals surface area contributed by atoms with Gasteiger partial charge in [0.25, 0.3) is 11.8 Å². The molecule has 2 N–H and O–H groups in total. The number of nitrogens with zero attached hydrogens (tertiary/aromatic N) is 1. The molecule has 0 aliphatic heterocycles. The molecule has 0 saturated carbocycles. The first-order valence-corrected chi connectivity index (χ1v) is 8.77. The molecule has 0 radical (unpaired) electrons. The van der Waals surface area contributed by atoms with Crippen LogP contribution >= 0.6 is 0 Å². The van der Waals surface area contributed by atoms with Gasteiger partial charge >= 0.3 is 6.18 Å². The zero-order valence-electron chi connectivity index (χ0n) is 16.9. The molecule has 0 saturated heterocycles. The standard InChI is InChI=1S/C20H20F3N3O5/c1-29-15-8-13(9-16(30-2)18(15)31-3)19(28)24-11-17(27)26-25-10-12-6-4-5-7-14(12)20(21,22)23/h4-10H,11H2,1-3H3,(H,24,28)(H,26,27). The lowest BCUT2D eigenvalue weighted by Gasteiger charge is -2.14. The Labute approximate surface area is 176 Å². The van der Waals surface area contributed by atoms with Crippen molar-refractivity contribution in [3.8, 4) is 17.2 Å². The lowest BCUT2D eigenvalue weighted by molar-refractivity contribution is -0.137. The van der Waals surface area contributed by atoms with Gasteiger partial charge in [-0.15, -0.1) is 0 Å². The van der Waals surface area contributed by atoms with Crippen molar-refractivity contribution in [1.29, 1.82) is 0 Å². The molecule has 11 heteroatoms. The van der Waals surface area contributed by atoms with Gasteiger partial charge in [-0.05, 0) is 18.2 Å². The van der Waals surface area contributed by atoms with E-state index < -0.39 is 30.1 Å². The number of benzene rings is 2. The number of hydrogen-bond acceptors (Lipinski definition) is 6. The zero-order chi connectivity index (χ0) is 23.0. The molecule has 166 valence electrons. The summed E-state index contributed by atoms with van der Waals surface area (Å²) in [5.74, 6) is -0.538. The van der Waals surface area contributed by atoms with Crippen molar-refractivity contribution >= 4 is 18.0 Å². The minimum atomic E-state index is -4.55. The van der Waals surface area contributed by atoms with E-state index in [0.717, 1.165) is 12.3 Å².